The average molecular weight is 328 g/mol. The number of halogens is 1. The third-order valence-corrected chi connectivity index (χ3v) is 4.03. The van der Waals surface area contributed by atoms with Crippen LogP contribution in [-0.2, 0) is 11.2 Å². The minimum Gasteiger partial charge on any atom is -0.391 e. The summed E-state index contributed by atoms with van der Waals surface area (Å²) in [6, 6.07) is 6.11. The third kappa shape index (κ3) is 5.74. The molecule has 0 aliphatic rings. The van der Waals surface area contributed by atoms with Crippen molar-refractivity contribution >= 4 is 21.8 Å². The maximum Gasteiger partial charge on any atom is 0.220 e. The molecule has 1 aromatic carbocycles. The Labute approximate surface area is 123 Å². The van der Waals surface area contributed by atoms with Crippen molar-refractivity contribution < 1.29 is 9.90 Å². The van der Waals surface area contributed by atoms with Crippen molar-refractivity contribution in [2.75, 3.05) is 6.54 Å². The lowest BCUT2D eigenvalue weighted by Gasteiger charge is -2.15. The first-order chi connectivity index (χ1) is 8.90. The molecule has 19 heavy (non-hydrogen) atoms. The van der Waals surface area contributed by atoms with Gasteiger partial charge in [-0.2, -0.15) is 0 Å². The lowest BCUT2D eigenvalue weighted by atomic mass is 10.1. The summed E-state index contributed by atoms with van der Waals surface area (Å²) < 4.78 is 1.08. The molecule has 1 amide bonds. The molecule has 0 saturated carbocycles. The van der Waals surface area contributed by atoms with Crippen molar-refractivity contribution in [3.05, 3.63) is 33.8 Å². The number of carbonyl (C=O) groups excluding carboxylic acids is 1. The number of aliphatic hydroxyl groups is 1. The second kappa shape index (κ2) is 7.65. The maximum absolute atomic E-state index is 11.7. The molecule has 1 unspecified atom stereocenters. The number of aliphatic hydroxyl groups excluding tert-OH is 1. The van der Waals surface area contributed by atoms with Crippen LogP contribution >= 0.6 is 15.9 Å². The summed E-state index contributed by atoms with van der Waals surface area (Å²) in [5.41, 5.74) is 2.33. The molecule has 0 radical (unpaired) electrons. The summed E-state index contributed by atoms with van der Waals surface area (Å²) in [7, 11) is 0. The van der Waals surface area contributed by atoms with E-state index in [0.29, 0.717) is 13.0 Å². The number of hydrogen-bond donors (Lipinski definition) is 2. The quantitative estimate of drug-likeness (QED) is 0.844. The van der Waals surface area contributed by atoms with E-state index in [2.05, 4.69) is 27.3 Å². The predicted octanol–water partition coefficient (Wildman–Crippen LogP) is 2.82. The molecule has 4 heteroatoms. The summed E-state index contributed by atoms with van der Waals surface area (Å²) in [6.45, 7) is 6.23. The van der Waals surface area contributed by atoms with E-state index in [9.17, 15) is 9.90 Å². The Morgan fingerprint density at radius 3 is 2.68 bits per heavy atom. The van der Waals surface area contributed by atoms with Gasteiger partial charge in [0.25, 0.3) is 0 Å². The molecule has 0 heterocycles. The molecule has 0 fully saturated rings. The standard InChI is InChI=1S/C15H22BrNO2/c1-10(2)14(18)9-17-15(19)7-5-12-4-6-13(16)11(3)8-12/h4,6,8,10,14,18H,5,7,9H2,1-3H3,(H,17,19). The SMILES string of the molecule is Cc1cc(CCC(=O)NCC(O)C(C)C)ccc1Br. The number of rotatable bonds is 6. The zero-order valence-corrected chi connectivity index (χ0v) is 13.3. The minimum atomic E-state index is -0.473. The smallest absolute Gasteiger partial charge is 0.220 e. The van der Waals surface area contributed by atoms with Crippen LogP contribution in [0, 0.1) is 12.8 Å². The van der Waals surface area contributed by atoms with E-state index in [-0.39, 0.29) is 11.8 Å². The number of hydrogen-bond acceptors (Lipinski definition) is 2. The summed E-state index contributed by atoms with van der Waals surface area (Å²) in [5.74, 6) is 0.148. The van der Waals surface area contributed by atoms with Crippen LogP contribution in [0.4, 0.5) is 0 Å². The van der Waals surface area contributed by atoms with Gasteiger partial charge < -0.3 is 10.4 Å². The van der Waals surface area contributed by atoms with E-state index >= 15 is 0 Å². The van der Waals surface area contributed by atoms with Crippen molar-refractivity contribution in [3.8, 4) is 0 Å². The normalized spacial score (nSPS) is 12.5. The van der Waals surface area contributed by atoms with Crippen molar-refractivity contribution in [2.45, 2.75) is 39.7 Å². The molecule has 0 aliphatic heterocycles. The number of amides is 1. The van der Waals surface area contributed by atoms with Crippen LogP contribution in [0.5, 0.6) is 0 Å². The molecule has 1 aromatic rings. The summed E-state index contributed by atoms with van der Waals surface area (Å²) in [5, 5.41) is 12.4. The number of aryl methyl sites for hydroxylation is 2. The fraction of sp³-hybridized carbons (Fsp3) is 0.533. The van der Waals surface area contributed by atoms with E-state index in [0.717, 1.165) is 16.5 Å². The van der Waals surface area contributed by atoms with Crippen LogP contribution in [0.3, 0.4) is 0 Å². The second-order valence-corrected chi connectivity index (χ2v) is 6.05. The lowest BCUT2D eigenvalue weighted by Crippen LogP contribution is -2.34. The van der Waals surface area contributed by atoms with Crippen LogP contribution in [-0.4, -0.2) is 23.7 Å². The van der Waals surface area contributed by atoms with Crippen molar-refractivity contribution in [2.24, 2.45) is 5.92 Å². The molecule has 0 aromatic heterocycles. The van der Waals surface area contributed by atoms with Crippen LogP contribution in [0.15, 0.2) is 22.7 Å². The van der Waals surface area contributed by atoms with Crippen molar-refractivity contribution in [1.29, 1.82) is 0 Å². The van der Waals surface area contributed by atoms with Gasteiger partial charge in [-0.05, 0) is 36.5 Å². The fourth-order valence-corrected chi connectivity index (χ4v) is 1.91. The van der Waals surface area contributed by atoms with Crippen LogP contribution in [0.1, 0.15) is 31.4 Å². The van der Waals surface area contributed by atoms with Crippen LogP contribution in [0.2, 0.25) is 0 Å². The Bertz CT molecular complexity index is 432. The van der Waals surface area contributed by atoms with Gasteiger partial charge in [-0.3, -0.25) is 4.79 Å². The topological polar surface area (TPSA) is 49.3 Å². The molecular formula is C15H22BrNO2. The van der Waals surface area contributed by atoms with Gasteiger partial charge in [-0.1, -0.05) is 41.9 Å². The van der Waals surface area contributed by atoms with Crippen LogP contribution < -0.4 is 5.32 Å². The highest BCUT2D eigenvalue weighted by Gasteiger charge is 2.10. The molecule has 1 rings (SSSR count). The number of carbonyl (C=O) groups is 1. The molecule has 0 spiro atoms. The van der Waals surface area contributed by atoms with Gasteiger partial charge in [0, 0.05) is 17.4 Å². The monoisotopic (exact) mass is 327 g/mol. The lowest BCUT2D eigenvalue weighted by molar-refractivity contribution is -0.121. The Morgan fingerprint density at radius 1 is 1.42 bits per heavy atom. The second-order valence-electron chi connectivity index (χ2n) is 5.20. The third-order valence-electron chi connectivity index (χ3n) is 3.14. The minimum absolute atomic E-state index is 0.0136. The van der Waals surface area contributed by atoms with Crippen LogP contribution in [0.25, 0.3) is 0 Å². The Morgan fingerprint density at radius 2 is 2.11 bits per heavy atom. The first kappa shape index (κ1) is 16.2. The van der Waals surface area contributed by atoms with E-state index in [1.807, 2.05) is 32.9 Å². The molecule has 0 aliphatic carbocycles. The Kier molecular flexibility index (Phi) is 6.52. The first-order valence-corrected chi connectivity index (χ1v) is 7.39. The number of nitrogens with one attached hydrogen (secondary N) is 1. The molecule has 3 nitrogen and oxygen atoms in total. The highest BCUT2D eigenvalue weighted by molar-refractivity contribution is 9.10. The van der Waals surface area contributed by atoms with Gasteiger partial charge in [0.1, 0.15) is 0 Å². The van der Waals surface area contributed by atoms with E-state index in [1.165, 1.54) is 5.56 Å². The predicted molar refractivity (Wildman–Crippen MR) is 81.1 cm³/mol. The van der Waals surface area contributed by atoms with Gasteiger partial charge in [0.15, 0.2) is 0 Å². The van der Waals surface area contributed by atoms with E-state index in [4.69, 9.17) is 0 Å². The maximum atomic E-state index is 11.7. The molecule has 1 atom stereocenters. The van der Waals surface area contributed by atoms with Gasteiger partial charge in [-0.15, -0.1) is 0 Å². The van der Waals surface area contributed by atoms with Crippen molar-refractivity contribution in [3.63, 3.8) is 0 Å². The largest absolute Gasteiger partial charge is 0.391 e. The molecule has 0 bridgehead atoms. The van der Waals surface area contributed by atoms with Gasteiger partial charge in [-0.25, -0.2) is 0 Å². The zero-order valence-electron chi connectivity index (χ0n) is 11.7. The van der Waals surface area contributed by atoms with Gasteiger partial charge in [0.05, 0.1) is 6.10 Å². The highest BCUT2D eigenvalue weighted by Crippen LogP contribution is 2.17. The molecule has 106 valence electrons. The van der Waals surface area contributed by atoms with Gasteiger partial charge in [0.2, 0.25) is 5.91 Å². The van der Waals surface area contributed by atoms with E-state index in [1.54, 1.807) is 0 Å². The first-order valence-electron chi connectivity index (χ1n) is 6.60. The molecule has 0 saturated heterocycles. The van der Waals surface area contributed by atoms with Gasteiger partial charge >= 0.3 is 0 Å². The average Bonchev–Trinajstić information content (AvgIpc) is 2.37. The molecular weight excluding hydrogens is 306 g/mol. The summed E-state index contributed by atoms with van der Waals surface area (Å²) in [6.07, 6.45) is 0.697. The van der Waals surface area contributed by atoms with Crippen molar-refractivity contribution in [1.82, 2.24) is 5.32 Å². The van der Waals surface area contributed by atoms with E-state index < -0.39 is 6.10 Å². The highest BCUT2D eigenvalue weighted by atomic mass is 79.9. The Hall–Kier alpha value is -0.870. The summed E-state index contributed by atoms with van der Waals surface area (Å²) >= 11 is 3.46. The number of benzene rings is 1. The Balaban J connectivity index is 2.35. The zero-order chi connectivity index (χ0) is 14.4. The summed E-state index contributed by atoms with van der Waals surface area (Å²) in [4.78, 5) is 11.7. The fourth-order valence-electron chi connectivity index (χ4n) is 1.66. The molecule has 2 N–H and O–H groups in total.